The van der Waals surface area contributed by atoms with Gasteiger partial charge in [0.05, 0.1) is 25.1 Å². The van der Waals surface area contributed by atoms with Crippen LogP contribution >= 0.6 is 0 Å². The molecule has 2 aromatic rings. The van der Waals surface area contributed by atoms with Crippen LogP contribution in [-0.2, 0) is 14.8 Å². The van der Waals surface area contributed by atoms with E-state index in [4.69, 9.17) is 9.47 Å². The third-order valence-corrected chi connectivity index (χ3v) is 6.99. The van der Waals surface area contributed by atoms with Crippen LogP contribution in [0.5, 0.6) is 11.5 Å². The molecule has 1 aliphatic rings. The molecule has 8 heteroatoms. The third kappa shape index (κ3) is 5.12. The number of hydrogen-bond donors (Lipinski definition) is 1. The second-order valence-corrected chi connectivity index (χ2v) is 9.73. The van der Waals surface area contributed by atoms with Crippen molar-refractivity contribution in [1.82, 2.24) is 5.32 Å². The van der Waals surface area contributed by atoms with Gasteiger partial charge in [-0.3, -0.25) is 9.10 Å². The fraction of sp³-hybridized carbons (Fsp3) is 0.435. The van der Waals surface area contributed by atoms with Gasteiger partial charge in [0.2, 0.25) is 15.9 Å². The molecule has 0 aromatic heterocycles. The van der Waals surface area contributed by atoms with Gasteiger partial charge in [0, 0.05) is 18.1 Å². The van der Waals surface area contributed by atoms with Gasteiger partial charge in [0.1, 0.15) is 23.6 Å². The van der Waals surface area contributed by atoms with Crippen molar-refractivity contribution in [2.75, 3.05) is 24.2 Å². The van der Waals surface area contributed by atoms with E-state index in [1.54, 1.807) is 24.3 Å². The van der Waals surface area contributed by atoms with Gasteiger partial charge in [-0.2, -0.15) is 0 Å². The van der Waals surface area contributed by atoms with Gasteiger partial charge < -0.3 is 14.8 Å². The van der Waals surface area contributed by atoms with Crippen LogP contribution in [0.3, 0.4) is 0 Å². The quantitative estimate of drug-likeness (QED) is 0.669. The molecule has 0 aliphatic carbocycles. The van der Waals surface area contributed by atoms with Gasteiger partial charge in [-0.15, -0.1) is 0 Å². The summed E-state index contributed by atoms with van der Waals surface area (Å²) >= 11 is 0. The van der Waals surface area contributed by atoms with Gasteiger partial charge >= 0.3 is 0 Å². The molecule has 1 aliphatic heterocycles. The number of para-hydroxylation sites is 1. The Morgan fingerprint density at radius 3 is 2.55 bits per heavy atom. The maximum atomic E-state index is 13.0. The summed E-state index contributed by atoms with van der Waals surface area (Å²) < 4.78 is 37.4. The van der Waals surface area contributed by atoms with Crippen molar-refractivity contribution < 1.29 is 22.7 Å². The number of nitrogens with one attached hydrogen (secondary N) is 1. The molecular weight excluding hydrogens is 416 g/mol. The average Bonchev–Trinajstić information content (AvgIpc) is 2.76. The van der Waals surface area contributed by atoms with Crippen molar-refractivity contribution >= 4 is 21.6 Å². The first-order chi connectivity index (χ1) is 14.7. The number of carbonyl (C=O) groups is 1. The molecule has 1 N–H and O–H groups in total. The fourth-order valence-corrected chi connectivity index (χ4v) is 4.81. The molecule has 7 nitrogen and oxygen atoms in total. The number of benzene rings is 2. The number of hydrogen-bond acceptors (Lipinski definition) is 5. The third-order valence-electron chi connectivity index (χ3n) is 5.85. The Kier molecular flexibility index (Phi) is 6.79. The summed E-state index contributed by atoms with van der Waals surface area (Å²) in [5, 5.41) is 3.04. The number of sulfonamides is 1. The lowest BCUT2D eigenvalue weighted by Gasteiger charge is -2.41. The Hall–Kier alpha value is -2.74. The molecule has 0 bridgehead atoms. The van der Waals surface area contributed by atoms with Crippen molar-refractivity contribution in [2.24, 2.45) is 0 Å². The Morgan fingerprint density at radius 2 is 1.90 bits per heavy atom. The number of ether oxygens (including phenoxy) is 2. The van der Waals surface area contributed by atoms with Crippen LogP contribution in [0.4, 0.5) is 5.69 Å². The molecular formula is C23H30N2O5S. The molecule has 168 valence electrons. The number of anilines is 1. The molecule has 3 rings (SSSR count). The minimum Gasteiger partial charge on any atom is -0.497 e. The zero-order valence-corrected chi connectivity index (χ0v) is 19.2. The van der Waals surface area contributed by atoms with Gasteiger partial charge in [-0.1, -0.05) is 38.1 Å². The topological polar surface area (TPSA) is 84.9 Å². The maximum absolute atomic E-state index is 13.0. The Bertz CT molecular complexity index is 1030. The summed E-state index contributed by atoms with van der Waals surface area (Å²) in [6.45, 7) is 3.83. The predicted octanol–water partition coefficient (Wildman–Crippen LogP) is 3.66. The van der Waals surface area contributed by atoms with E-state index in [9.17, 15) is 13.2 Å². The summed E-state index contributed by atoms with van der Waals surface area (Å²) in [6.07, 6.45) is 3.33. The van der Waals surface area contributed by atoms with Gasteiger partial charge in [-0.25, -0.2) is 8.42 Å². The fourth-order valence-electron chi connectivity index (χ4n) is 3.97. The maximum Gasteiger partial charge on any atom is 0.241 e. The van der Waals surface area contributed by atoms with Crippen molar-refractivity contribution in [3.63, 3.8) is 0 Å². The molecule has 2 aromatic carbocycles. The first-order valence-electron chi connectivity index (χ1n) is 10.4. The smallest absolute Gasteiger partial charge is 0.241 e. The van der Waals surface area contributed by atoms with Crippen LogP contribution < -0.4 is 19.1 Å². The second kappa shape index (κ2) is 9.18. The summed E-state index contributed by atoms with van der Waals surface area (Å²) in [5.74, 6) is 0.896. The number of rotatable bonds is 8. The lowest BCUT2D eigenvalue weighted by molar-refractivity contribution is -0.121. The van der Waals surface area contributed by atoms with Gasteiger partial charge in [0.15, 0.2) is 0 Å². The molecule has 1 amide bonds. The second-order valence-electron chi connectivity index (χ2n) is 7.83. The van der Waals surface area contributed by atoms with Crippen molar-refractivity contribution in [1.29, 1.82) is 0 Å². The van der Waals surface area contributed by atoms with E-state index in [0.29, 0.717) is 17.9 Å². The highest BCUT2D eigenvalue weighted by molar-refractivity contribution is 7.92. The van der Waals surface area contributed by atoms with E-state index in [-0.39, 0.29) is 24.1 Å². The first kappa shape index (κ1) is 22.9. The normalized spacial score (nSPS) is 17.2. The van der Waals surface area contributed by atoms with E-state index >= 15 is 0 Å². The molecule has 0 spiro atoms. The summed E-state index contributed by atoms with van der Waals surface area (Å²) in [6, 6.07) is 14.0. The first-order valence-corrected chi connectivity index (χ1v) is 12.2. The number of fused-ring (bicyclic) bond motifs is 1. The van der Waals surface area contributed by atoms with E-state index < -0.39 is 10.0 Å². The van der Waals surface area contributed by atoms with Crippen LogP contribution in [0.2, 0.25) is 0 Å². The standard InChI is InChI=1S/C23H30N2O5S/c1-5-23(6-2)15-20(19-12-7-8-13-21(19)30-23)24-22(26)16-25(31(4,27)28)17-10-9-11-18(14-17)29-3/h7-14,20H,5-6,15-16H2,1-4H3,(H,24,26)/t20-/m0/s1. The van der Waals surface area contributed by atoms with E-state index in [1.807, 2.05) is 24.3 Å². The SMILES string of the molecule is CCC1(CC)C[C@H](NC(=O)CN(c2cccc(OC)c2)S(C)(=O)=O)c2ccccc2O1. The number of amides is 1. The minimum absolute atomic E-state index is 0.260. The largest absolute Gasteiger partial charge is 0.497 e. The summed E-state index contributed by atoms with van der Waals surface area (Å²) in [4.78, 5) is 13.0. The van der Waals surface area contributed by atoms with Gasteiger partial charge in [0.25, 0.3) is 0 Å². The molecule has 0 radical (unpaired) electrons. The Labute approximate surface area is 184 Å². The predicted molar refractivity (Wildman–Crippen MR) is 121 cm³/mol. The summed E-state index contributed by atoms with van der Waals surface area (Å²) in [5.41, 5.74) is 0.914. The highest BCUT2D eigenvalue weighted by Crippen LogP contribution is 2.42. The van der Waals surface area contributed by atoms with E-state index in [2.05, 4.69) is 19.2 Å². The highest BCUT2D eigenvalue weighted by Gasteiger charge is 2.39. The Balaban J connectivity index is 1.85. The molecule has 1 atom stereocenters. The van der Waals surface area contributed by atoms with Crippen molar-refractivity contribution in [3.05, 3.63) is 54.1 Å². The summed E-state index contributed by atoms with van der Waals surface area (Å²) in [7, 11) is -2.17. The number of carbonyl (C=O) groups excluding carboxylic acids is 1. The van der Waals surface area contributed by atoms with Crippen LogP contribution in [0.25, 0.3) is 0 Å². The van der Waals surface area contributed by atoms with Crippen LogP contribution in [0, 0.1) is 0 Å². The molecule has 0 fully saturated rings. The average molecular weight is 447 g/mol. The molecule has 0 saturated carbocycles. The van der Waals surface area contributed by atoms with Crippen molar-refractivity contribution in [3.8, 4) is 11.5 Å². The molecule has 31 heavy (non-hydrogen) atoms. The molecule has 0 saturated heterocycles. The monoisotopic (exact) mass is 446 g/mol. The van der Waals surface area contributed by atoms with Crippen LogP contribution in [0.15, 0.2) is 48.5 Å². The minimum atomic E-state index is -3.68. The number of nitrogens with zero attached hydrogens (tertiary/aromatic N) is 1. The van der Waals surface area contributed by atoms with Gasteiger partial charge in [-0.05, 0) is 31.0 Å². The van der Waals surface area contributed by atoms with E-state index in [0.717, 1.165) is 34.7 Å². The zero-order chi connectivity index (χ0) is 22.6. The Morgan fingerprint density at radius 1 is 1.19 bits per heavy atom. The highest BCUT2D eigenvalue weighted by atomic mass is 32.2. The van der Waals surface area contributed by atoms with Crippen LogP contribution in [0.1, 0.15) is 44.7 Å². The lowest BCUT2D eigenvalue weighted by Crippen LogP contribution is -2.47. The molecule has 1 heterocycles. The lowest BCUT2D eigenvalue weighted by atomic mass is 9.83. The number of methoxy groups -OCH3 is 1. The molecule has 0 unspecified atom stereocenters. The van der Waals surface area contributed by atoms with Crippen molar-refractivity contribution in [2.45, 2.75) is 44.8 Å². The van der Waals surface area contributed by atoms with E-state index in [1.165, 1.54) is 7.11 Å². The zero-order valence-electron chi connectivity index (χ0n) is 18.4. The van der Waals surface area contributed by atoms with Crippen LogP contribution in [-0.4, -0.2) is 39.8 Å².